The summed E-state index contributed by atoms with van der Waals surface area (Å²) in [5.41, 5.74) is 1.57. The Morgan fingerprint density at radius 2 is 1.67 bits per heavy atom. The number of hydrogen-bond acceptors (Lipinski definition) is 9. The van der Waals surface area contributed by atoms with Crippen molar-refractivity contribution in [1.29, 1.82) is 0 Å². The Hall–Kier alpha value is -4.09. The smallest absolute Gasteiger partial charge is 0.336 e. The van der Waals surface area contributed by atoms with Gasteiger partial charge in [0.2, 0.25) is 0 Å². The maximum absolute atomic E-state index is 13.5. The Kier molecular flexibility index (Phi) is 9.74. The number of hydrogen-bond donors (Lipinski definition) is 1. The summed E-state index contributed by atoms with van der Waals surface area (Å²) in [6, 6.07) is 9.67. The first kappa shape index (κ1) is 30.9. The summed E-state index contributed by atoms with van der Waals surface area (Å²) >= 11 is 6.02. The fourth-order valence-electron chi connectivity index (χ4n) is 5.44. The van der Waals surface area contributed by atoms with E-state index in [-0.39, 0.29) is 46.0 Å². The van der Waals surface area contributed by atoms with E-state index in [1.165, 1.54) is 49.6 Å². The second-order valence-corrected chi connectivity index (χ2v) is 10.6. The van der Waals surface area contributed by atoms with Gasteiger partial charge in [-0.25, -0.2) is 14.0 Å². The highest BCUT2D eigenvalue weighted by atomic mass is 35.5. The Labute approximate surface area is 247 Å². The van der Waals surface area contributed by atoms with E-state index in [2.05, 4.69) is 10.2 Å². The summed E-state index contributed by atoms with van der Waals surface area (Å²) in [7, 11) is 1.21. The van der Waals surface area contributed by atoms with Crippen LogP contribution in [0.5, 0.6) is 0 Å². The molecule has 1 unspecified atom stereocenters. The standard InChI is InChI=1S/C30H31ClFN3O7/c1-17-25(29(37)41-3)27(21-6-9-23(31)24(16-21)35(39)40)26(18(2)33-17)30(38)42-15-14-34-12-10-20(11-13-34)28(36)19-4-7-22(32)8-5-19/h4-9,16,20,27,33H,10-15H2,1-3H3. The van der Waals surface area contributed by atoms with Crippen LogP contribution in [-0.2, 0) is 19.1 Å². The van der Waals surface area contributed by atoms with Crippen molar-refractivity contribution >= 4 is 35.0 Å². The number of likely N-dealkylation sites (tertiary alicyclic amines) is 1. The minimum atomic E-state index is -0.990. The van der Waals surface area contributed by atoms with Crippen LogP contribution in [0.4, 0.5) is 10.1 Å². The number of piperidine rings is 1. The molecule has 1 fully saturated rings. The number of ketones is 1. The molecule has 0 bridgehead atoms. The molecule has 2 heterocycles. The summed E-state index contributed by atoms with van der Waals surface area (Å²) in [6.45, 7) is 5.05. The first-order valence-electron chi connectivity index (χ1n) is 13.4. The number of nitro groups is 1. The van der Waals surface area contributed by atoms with E-state index in [0.29, 0.717) is 55.0 Å². The molecule has 0 amide bonds. The molecule has 1 N–H and O–H groups in total. The predicted molar refractivity (Wildman–Crippen MR) is 152 cm³/mol. The van der Waals surface area contributed by atoms with E-state index in [1.807, 2.05) is 0 Å². The molecule has 0 spiro atoms. The molecule has 1 saturated heterocycles. The number of halogens is 2. The van der Waals surface area contributed by atoms with Crippen LogP contribution in [0.3, 0.4) is 0 Å². The van der Waals surface area contributed by atoms with Crippen molar-refractivity contribution in [2.45, 2.75) is 32.6 Å². The number of carbonyl (C=O) groups is 3. The fourth-order valence-corrected chi connectivity index (χ4v) is 5.63. The van der Waals surface area contributed by atoms with E-state index >= 15 is 0 Å². The number of carbonyl (C=O) groups excluding carboxylic acids is 3. The number of ether oxygens (including phenoxy) is 2. The predicted octanol–water partition coefficient (Wildman–Crippen LogP) is 4.93. The first-order chi connectivity index (χ1) is 20.0. The number of methoxy groups -OCH3 is 1. The number of benzene rings is 2. The van der Waals surface area contributed by atoms with Gasteiger partial charge in [-0.05, 0) is 75.7 Å². The molecular weight excluding hydrogens is 569 g/mol. The van der Waals surface area contributed by atoms with E-state index in [0.717, 1.165) is 0 Å². The van der Waals surface area contributed by atoms with Gasteiger partial charge < -0.3 is 14.8 Å². The minimum Gasteiger partial charge on any atom is -0.466 e. The van der Waals surface area contributed by atoms with Crippen LogP contribution in [0, 0.1) is 21.8 Å². The second-order valence-electron chi connectivity index (χ2n) is 10.2. The molecule has 1 atom stereocenters. The highest BCUT2D eigenvalue weighted by Gasteiger charge is 2.38. The third kappa shape index (κ3) is 6.69. The summed E-state index contributed by atoms with van der Waals surface area (Å²) < 4.78 is 23.8. The maximum atomic E-state index is 13.5. The van der Waals surface area contributed by atoms with E-state index in [9.17, 15) is 28.9 Å². The van der Waals surface area contributed by atoms with Gasteiger partial charge in [0.05, 0.1) is 29.1 Å². The normalized spacial score (nSPS) is 18.0. The SMILES string of the molecule is COC(=O)C1=C(C)NC(C)=C(C(=O)OCCN2CCC(C(=O)c3ccc(F)cc3)CC2)C1c1ccc(Cl)c([N+](=O)[O-])c1. The number of allylic oxidation sites excluding steroid dienone is 2. The van der Waals surface area contributed by atoms with E-state index in [4.69, 9.17) is 21.1 Å². The fraction of sp³-hybridized carbons (Fsp3) is 0.367. The molecule has 222 valence electrons. The number of nitro benzene ring substituents is 1. The quantitative estimate of drug-likeness (QED) is 0.185. The Morgan fingerprint density at radius 3 is 2.26 bits per heavy atom. The van der Waals surface area contributed by atoms with Gasteiger partial charge in [0.25, 0.3) is 5.69 Å². The molecule has 10 nitrogen and oxygen atoms in total. The molecule has 42 heavy (non-hydrogen) atoms. The summed E-state index contributed by atoms with van der Waals surface area (Å²) in [6.07, 6.45) is 1.25. The van der Waals surface area contributed by atoms with Crippen molar-refractivity contribution in [3.8, 4) is 0 Å². The second kappa shape index (κ2) is 13.3. The van der Waals surface area contributed by atoms with Gasteiger partial charge in [0, 0.05) is 35.5 Å². The Balaban J connectivity index is 1.44. The van der Waals surface area contributed by atoms with Gasteiger partial charge in [-0.15, -0.1) is 0 Å². The molecule has 2 aromatic carbocycles. The van der Waals surface area contributed by atoms with Gasteiger partial charge in [0.15, 0.2) is 5.78 Å². The third-order valence-corrected chi connectivity index (χ3v) is 7.93. The molecule has 2 aliphatic heterocycles. The number of esters is 2. The maximum Gasteiger partial charge on any atom is 0.336 e. The monoisotopic (exact) mass is 599 g/mol. The van der Waals surface area contributed by atoms with Crippen molar-refractivity contribution in [2.24, 2.45) is 5.92 Å². The highest BCUT2D eigenvalue weighted by molar-refractivity contribution is 6.32. The average molecular weight is 600 g/mol. The van der Waals surface area contributed by atoms with Crippen LogP contribution in [0.15, 0.2) is 65.0 Å². The largest absolute Gasteiger partial charge is 0.466 e. The van der Waals surface area contributed by atoms with Crippen molar-refractivity contribution in [1.82, 2.24) is 10.2 Å². The lowest BCUT2D eigenvalue weighted by molar-refractivity contribution is -0.384. The van der Waals surface area contributed by atoms with Gasteiger partial charge in [-0.3, -0.25) is 19.8 Å². The zero-order chi connectivity index (χ0) is 30.6. The average Bonchev–Trinajstić information content (AvgIpc) is 2.97. The molecule has 4 rings (SSSR count). The Morgan fingerprint density at radius 1 is 1.05 bits per heavy atom. The molecule has 0 aromatic heterocycles. The summed E-state index contributed by atoms with van der Waals surface area (Å²) in [5, 5.41) is 14.5. The zero-order valence-electron chi connectivity index (χ0n) is 23.4. The van der Waals surface area contributed by atoms with E-state index in [1.54, 1.807) is 13.8 Å². The molecule has 0 radical (unpaired) electrons. The van der Waals surface area contributed by atoms with Gasteiger partial charge in [-0.2, -0.15) is 0 Å². The molecular formula is C30H31ClFN3O7. The van der Waals surface area contributed by atoms with Gasteiger partial charge in [0.1, 0.15) is 17.4 Å². The molecule has 2 aliphatic rings. The molecule has 2 aromatic rings. The number of nitrogens with one attached hydrogen (secondary N) is 1. The first-order valence-corrected chi connectivity index (χ1v) is 13.8. The lowest BCUT2D eigenvalue weighted by atomic mass is 9.80. The zero-order valence-corrected chi connectivity index (χ0v) is 24.2. The van der Waals surface area contributed by atoms with Crippen LogP contribution in [0.25, 0.3) is 0 Å². The van der Waals surface area contributed by atoms with Crippen LogP contribution >= 0.6 is 11.6 Å². The molecule has 0 saturated carbocycles. The van der Waals surface area contributed by atoms with Crippen LogP contribution < -0.4 is 5.32 Å². The van der Waals surface area contributed by atoms with Crippen LogP contribution in [0.1, 0.15) is 48.5 Å². The number of rotatable bonds is 9. The minimum absolute atomic E-state index is 0.00785. The molecule has 12 heteroatoms. The Bertz CT molecular complexity index is 1460. The number of Topliss-reactive ketones (excluding diaryl/α,β-unsaturated/α-hetero) is 1. The third-order valence-electron chi connectivity index (χ3n) is 7.61. The molecule has 0 aliphatic carbocycles. The van der Waals surface area contributed by atoms with Crippen molar-refractivity contribution in [3.63, 3.8) is 0 Å². The topological polar surface area (TPSA) is 128 Å². The summed E-state index contributed by atoms with van der Waals surface area (Å²) in [4.78, 5) is 52.1. The van der Waals surface area contributed by atoms with Crippen molar-refractivity contribution in [3.05, 3.63) is 97.1 Å². The highest BCUT2D eigenvalue weighted by Crippen LogP contribution is 2.41. The van der Waals surface area contributed by atoms with Crippen LogP contribution in [0.2, 0.25) is 5.02 Å². The van der Waals surface area contributed by atoms with Crippen LogP contribution in [-0.4, -0.2) is 60.9 Å². The summed E-state index contributed by atoms with van der Waals surface area (Å²) in [5.74, 6) is -2.93. The number of dihydropyridines is 1. The van der Waals surface area contributed by atoms with Crippen molar-refractivity contribution < 1.29 is 33.2 Å². The van der Waals surface area contributed by atoms with Gasteiger partial charge >= 0.3 is 11.9 Å². The van der Waals surface area contributed by atoms with Crippen molar-refractivity contribution in [2.75, 3.05) is 33.4 Å². The lowest BCUT2D eigenvalue weighted by Crippen LogP contribution is -2.39. The number of nitrogens with zero attached hydrogens (tertiary/aromatic N) is 2. The van der Waals surface area contributed by atoms with E-state index < -0.39 is 22.8 Å². The lowest BCUT2D eigenvalue weighted by Gasteiger charge is -2.32. The van der Waals surface area contributed by atoms with Gasteiger partial charge in [-0.1, -0.05) is 17.7 Å².